The largest absolute Gasteiger partial charge is 0.336 e. The van der Waals surface area contributed by atoms with E-state index in [1.54, 1.807) is 11.3 Å². The minimum Gasteiger partial charge on any atom is -0.336 e. The SMILES string of the molecule is Cc1nc(CN2CC3(CCN(Cc4cccnc4)CC3)CC2=O)cs1. The highest BCUT2D eigenvalue weighted by molar-refractivity contribution is 7.09. The molecule has 4 rings (SSSR count). The molecule has 0 unspecified atom stereocenters. The van der Waals surface area contributed by atoms with Gasteiger partial charge in [-0.05, 0) is 49.9 Å². The molecule has 0 bridgehead atoms. The van der Waals surface area contributed by atoms with Gasteiger partial charge in [-0.2, -0.15) is 0 Å². The predicted octanol–water partition coefficient (Wildman–Crippen LogP) is 2.86. The van der Waals surface area contributed by atoms with Crippen LogP contribution in [0.3, 0.4) is 0 Å². The Balaban J connectivity index is 1.34. The second-order valence-corrected chi connectivity index (χ2v) is 8.48. The Morgan fingerprint density at radius 1 is 1.28 bits per heavy atom. The van der Waals surface area contributed by atoms with Crippen LogP contribution in [0.2, 0.25) is 0 Å². The van der Waals surface area contributed by atoms with Gasteiger partial charge in [0.2, 0.25) is 5.91 Å². The first kappa shape index (κ1) is 16.7. The molecule has 2 aliphatic rings. The van der Waals surface area contributed by atoms with Gasteiger partial charge in [0.05, 0.1) is 17.2 Å². The maximum Gasteiger partial charge on any atom is 0.223 e. The van der Waals surface area contributed by atoms with E-state index in [0.717, 1.165) is 49.7 Å². The van der Waals surface area contributed by atoms with E-state index in [0.29, 0.717) is 18.9 Å². The number of carbonyl (C=O) groups excluding carboxylic acids is 1. The quantitative estimate of drug-likeness (QED) is 0.845. The molecule has 0 aromatic carbocycles. The van der Waals surface area contributed by atoms with E-state index in [2.05, 4.69) is 26.3 Å². The monoisotopic (exact) mass is 356 g/mol. The van der Waals surface area contributed by atoms with Crippen LogP contribution in [-0.2, 0) is 17.9 Å². The molecule has 0 saturated carbocycles. The van der Waals surface area contributed by atoms with Crippen molar-refractivity contribution in [1.29, 1.82) is 0 Å². The van der Waals surface area contributed by atoms with Crippen molar-refractivity contribution in [2.75, 3.05) is 19.6 Å². The van der Waals surface area contributed by atoms with E-state index in [1.807, 2.05) is 30.3 Å². The summed E-state index contributed by atoms with van der Waals surface area (Å²) < 4.78 is 0. The van der Waals surface area contributed by atoms with Crippen molar-refractivity contribution in [2.24, 2.45) is 5.41 Å². The van der Waals surface area contributed by atoms with E-state index in [9.17, 15) is 4.79 Å². The summed E-state index contributed by atoms with van der Waals surface area (Å²) in [6.07, 6.45) is 6.67. The van der Waals surface area contributed by atoms with E-state index in [-0.39, 0.29) is 5.41 Å². The molecule has 1 amide bonds. The van der Waals surface area contributed by atoms with Gasteiger partial charge >= 0.3 is 0 Å². The van der Waals surface area contributed by atoms with Gasteiger partial charge in [0.15, 0.2) is 0 Å². The highest BCUT2D eigenvalue weighted by Crippen LogP contribution is 2.41. The van der Waals surface area contributed by atoms with Crippen LogP contribution in [0.15, 0.2) is 29.9 Å². The van der Waals surface area contributed by atoms with E-state index in [1.165, 1.54) is 5.56 Å². The Morgan fingerprint density at radius 2 is 2.12 bits per heavy atom. The highest BCUT2D eigenvalue weighted by atomic mass is 32.1. The topological polar surface area (TPSA) is 49.3 Å². The van der Waals surface area contributed by atoms with Crippen molar-refractivity contribution < 1.29 is 4.79 Å². The van der Waals surface area contributed by atoms with Crippen LogP contribution in [0.5, 0.6) is 0 Å². The minimum absolute atomic E-state index is 0.174. The number of aryl methyl sites for hydroxylation is 1. The normalized spacial score (nSPS) is 20.5. The summed E-state index contributed by atoms with van der Waals surface area (Å²) in [5, 5.41) is 3.14. The molecule has 5 nitrogen and oxygen atoms in total. The van der Waals surface area contributed by atoms with Gasteiger partial charge in [0, 0.05) is 37.3 Å². The standard InChI is InChI=1S/C19H24N4OS/c1-15-21-17(13-25-15)12-23-14-19(9-18(23)24)4-7-22(8-5-19)11-16-3-2-6-20-10-16/h2-3,6,10,13H,4-5,7-9,11-12,14H2,1H3. The van der Waals surface area contributed by atoms with Crippen LogP contribution in [-0.4, -0.2) is 45.3 Å². The molecule has 2 aromatic rings. The first-order valence-electron chi connectivity index (χ1n) is 8.92. The molecule has 2 fully saturated rings. The van der Waals surface area contributed by atoms with Crippen molar-refractivity contribution >= 4 is 17.2 Å². The van der Waals surface area contributed by atoms with Gasteiger partial charge in [0.1, 0.15) is 0 Å². The Hall–Kier alpha value is -1.79. The third-order valence-corrected chi connectivity index (χ3v) is 6.29. The number of likely N-dealkylation sites (tertiary alicyclic amines) is 2. The number of piperidine rings is 1. The van der Waals surface area contributed by atoms with E-state index < -0.39 is 0 Å². The molecule has 25 heavy (non-hydrogen) atoms. The minimum atomic E-state index is 0.174. The van der Waals surface area contributed by atoms with Gasteiger partial charge in [-0.25, -0.2) is 4.98 Å². The van der Waals surface area contributed by atoms with Crippen LogP contribution >= 0.6 is 11.3 Å². The Labute approximate surface area is 152 Å². The fraction of sp³-hybridized carbons (Fsp3) is 0.526. The summed E-state index contributed by atoms with van der Waals surface area (Å²) in [5.74, 6) is 0.298. The lowest BCUT2D eigenvalue weighted by Gasteiger charge is -2.38. The molecule has 132 valence electrons. The zero-order valence-electron chi connectivity index (χ0n) is 14.6. The molecule has 0 radical (unpaired) electrons. The second-order valence-electron chi connectivity index (χ2n) is 7.42. The summed E-state index contributed by atoms with van der Waals surface area (Å²) >= 11 is 1.66. The van der Waals surface area contributed by atoms with Gasteiger partial charge in [-0.15, -0.1) is 11.3 Å². The molecule has 1 spiro atoms. The fourth-order valence-corrected chi connectivity index (χ4v) is 4.68. The number of thiazole rings is 1. The molecule has 2 saturated heterocycles. The summed E-state index contributed by atoms with van der Waals surface area (Å²) in [4.78, 5) is 25.7. The Bertz CT molecular complexity index is 737. The zero-order chi connectivity index (χ0) is 17.3. The molecule has 0 N–H and O–H groups in total. The van der Waals surface area contributed by atoms with Crippen molar-refractivity contribution in [3.63, 3.8) is 0 Å². The molecule has 2 aliphatic heterocycles. The maximum absolute atomic E-state index is 12.5. The molecule has 0 aliphatic carbocycles. The van der Waals surface area contributed by atoms with E-state index >= 15 is 0 Å². The lowest BCUT2D eigenvalue weighted by molar-refractivity contribution is -0.128. The molecular formula is C19H24N4OS. The smallest absolute Gasteiger partial charge is 0.223 e. The number of pyridine rings is 1. The molecule has 6 heteroatoms. The van der Waals surface area contributed by atoms with Crippen LogP contribution in [0, 0.1) is 12.3 Å². The van der Waals surface area contributed by atoms with Crippen LogP contribution in [0.1, 0.15) is 35.5 Å². The Morgan fingerprint density at radius 3 is 2.80 bits per heavy atom. The number of hydrogen-bond donors (Lipinski definition) is 0. The number of rotatable bonds is 4. The van der Waals surface area contributed by atoms with Crippen LogP contribution in [0.25, 0.3) is 0 Å². The third-order valence-electron chi connectivity index (χ3n) is 5.47. The number of amides is 1. The van der Waals surface area contributed by atoms with Gasteiger partial charge in [-0.1, -0.05) is 6.07 Å². The van der Waals surface area contributed by atoms with Crippen molar-refractivity contribution in [3.8, 4) is 0 Å². The predicted molar refractivity (Wildman–Crippen MR) is 98.1 cm³/mol. The second kappa shape index (κ2) is 6.84. The van der Waals surface area contributed by atoms with Crippen molar-refractivity contribution in [1.82, 2.24) is 19.8 Å². The third kappa shape index (κ3) is 3.75. The van der Waals surface area contributed by atoms with Crippen molar-refractivity contribution in [2.45, 2.75) is 39.3 Å². The first-order valence-corrected chi connectivity index (χ1v) is 9.80. The number of aromatic nitrogens is 2. The number of carbonyl (C=O) groups is 1. The van der Waals surface area contributed by atoms with Gasteiger partial charge < -0.3 is 4.90 Å². The lowest BCUT2D eigenvalue weighted by atomic mass is 9.77. The van der Waals surface area contributed by atoms with Gasteiger partial charge in [0.25, 0.3) is 0 Å². The molecule has 4 heterocycles. The number of nitrogens with zero attached hydrogens (tertiary/aromatic N) is 4. The Kier molecular flexibility index (Phi) is 4.56. The van der Waals surface area contributed by atoms with Gasteiger partial charge in [-0.3, -0.25) is 14.7 Å². The molecule has 0 atom stereocenters. The van der Waals surface area contributed by atoms with Crippen molar-refractivity contribution in [3.05, 3.63) is 46.2 Å². The van der Waals surface area contributed by atoms with E-state index in [4.69, 9.17) is 0 Å². The fourth-order valence-electron chi connectivity index (χ4n) is 4.07. The molecule has 2 aromatic heterocycles. The van der Waals surface area contributed by atoms with Crippen LogP contribution in [0.4, 0.5) is 0 Å². The summed E-state index contributed by atoms with van der Waals surface area (Å²) in [5.41, 5.74) is 2.47. The summed E-state index contributed by atoms with van der Waals surface area (Å²) in [6, 6.07) is 4.13. The zero-order valence-corrected chi connectivity index (χ0v) is 15.5. The first-order chi connectivity index (χ1) is 12.1. The highest BCUT2D eigenvalue weighted by Gasteiger charge is 2.44. The lowest BCUT2D eigenvalue weighted by Crippen LogP contribution is -2.41. The molecular weight excluding hydrogens is 332 g/mol. The summed E-state index contributed by atoms with van der Waals surface area (Å²) in [6.45, 7) is 6.66. The maximum atomic E-state index is 12.5. The summed E-state index contributed by atoms with van der Waals surface area (Å²) in [7, 11) is 0. The average molecular weight is 356 g/mol. The average Bonchev–Trinajstić information content (AvgIpc) is 3.15. The number of hydrogen-bond acceptors (Lipinski definition) is 5. The van der Waals surface area contributed by atoms with Crippen LogP contribution < -0.4 is 0 Å².